The predicted molar refractivity (Wildman–Crippen MR) is 95.2 cm³/mol. The second kappa shape index (κ2) is 8.29. The number of carbonyl (C=O) groups excluding carboxylic acids is 1. The van der Waals surface area contributed by atoms with Gasteiger partial charge >= 0.3 is 5.97 Å². The van der Waals surface area contributed by atoms with Crippen LogP contribution >= 0.6 is 0 Å². The number of anilines is 1. The summed E-state index contributed by atoms with van der Waals surface area (Å²) in [6, 6.07) is 5.78. The van der Waals surface area contributed by atoms with Gasteiger partial charge in [-0.2, -0.15) is 0 Å². The van der Waals surface area contributed by atoms with Crippen LogP contribution in [0.5, 0.6) is 0 Å². The lowest BCUT2D eigenvalue weighted by molar-refractivity contribution is -0.144. The molecule has 2 N–H and O–H groups in total. The summed E-state index contributed by atoms with van der Waals surface area (Å²) >= 11 is 0. The largest absolute Gasteiger partial charge is 0.481 e. The van der Waals surface area contributed by atoms with Crippen LogP contribution in [0.25, 0.3) is 0 Å². The predicted octanol–water partition coefficient (Wildman–Crippen LogP) is 2.94. The first-order chi connectivity index (χ1) is 11.5. The first kappa shape index (κ1) is 18.5. The maximum Gasteiger partial charge on any atom is 0.307 e. The van der Waals surface area contributed by atoms with Gasteiger partial charge in [0.25, 0.3) is 0 Å². The number of carbonyl (C=O) groups is 2. The molecular formula is C19H28N2O3. The minimum absolute atomic E-state index is 0.0587. The van der Waals surface area contributed by atoms with Crippen LogP contribution in [-0.4, -0.2) is 41.0 Å². The van der Waals surface area contributed by atoms with Gasteiger partial charge in [0.1, 0.15) is 0 Å². The molecule has 1 aromatic carbocycles. The van der Waals surface area contributed by atoms with Crippen LogP contribution in [-0.2, 0) is 22.4 Å². The van der Waals surface area contributed by atoms with E-state index in [0.29, 0.717) is 13.0 Å². The Kier molecular flexibility index (Phi) is 6.37. The molecule has 2 rings (SSSR count). The molecule has 1 amide bonds. The Bertz CT molecular complexity index is 578. The second-order valence-electron chi connectivity index (χ2n) is 6.50. The molecule has 1 saturated heterocycles. The number of piperidine rings is 1. The molecule has 5 heteroatoms. The first-order valence-electron chi connectivity index (χ1n) is 8.86. The summed E-state index contributed by atoms with van der Waals surface area (Å²) in [5.74, 6) is -1.20. The number of nitrogens with one attached hydrogen (secondary N) is 1. The monoisotopic (exact) mass is 332 g/mol. The first-order valence-corrected chi connectivity index (χ1v) is 8.86. The zero-order valence-corrected chi connectivity index (χ0v) is 14.8. The number of aliphatic carboxylic acids is 1. The minimum atomic E-state index is -0.767. The highest BCUT2D eigenvalue weighted by Gasteiger charge is 2.31. The van der Waals surface area contributed by atoms with Crippen molar-refractivity contribution in [3.8, 4) is 0 Å². The van der Waals surface area contributed by atoms with E-state index in [0.717, 1.165) is 42.6 Å². The molecule has 1 aliphatic rings. The fourth-order valence-corrected chi connectivity index (χ4v) is 3.36. The van der Waals surface area contributed by atoms with Crippen LogP contribution in [0.1, 0.15) is 44.7 Å². The van der Waals surface area contributed by atoms with E-state index in [1.54, 1.807) is 0 Å². The number of carboxylic acids is 1. The van der Waals surface area contributed by atoms with Crippen molar-refractivity contribution in [2.45, 2.75) is 52.5 Å². The molecular weight excluding hydrogens is 304 g/mol. The number of carboxylic acid groups (broad SMARTS) is 1. The molecule has 1 heterocycles. The number of amides is 1. The van der Waals surface area contributed by atoms with Crippen molar-refractivity contribution in [2.75, 3.05) is 18.4 Å². The molecule has 0 bridgehead atoms. The number of nitrogens with zero attached hydrogens (tertiary/aromatic N) is 1. The van der Waals surface area contributed by atoms with E-state index in [9.17, 15) is 14.7 Å². The van der Waals surface area contributed by atoms with Crippen molar-refractivity contribution >= 4 is 17.6 Å². The Morgan fingerprint density at radius 1 is 1.29 bits per heavy atom. The molecule has 24 heavy (non-hydrogen) atoms. The Labute approximate surface area is 144 Å². The summed E-state index contributed by atoms with van der Waals surface area (Å²) < 4.78 is 0. The fraction of sp³-hybridized carbons (Fsp3) is 0.579. The number of likely N-dealkylation sites (tertiary alicyclic amines) is 1. The van der Waals surface area contributed by atoms with Gasteiger partial charge in [0, 0.05) is 12.2 Å². The number of aryl methyl sites for hydroxylation is 2. The Morgan fingerprint density at radius 2 is 1.92 bits per heavy atom. The summed E-state index contributed by atoms with van der Waals surface area (Å²) in [6.07, 6.45) is 3.24. The molecule has 0 radical (unpaired) electrons. The van der Waals surface area contributed by atoms with Crippen LogP contribution in [0.2, 0.25) is 0 Å². The van der Waals surface area contributed by atoms with Gasteiger partial charge in [0.2, 0.25) is 5.91 Å². The molecule has 0 aliphatic carbocycles. The normalized spacial score (nSPS) is 19.7. The van der Waals surface area contributed by atoms with Gasteiger partial charge in [-0.1, -0.05) is 32.0 Å². The number of hydrogen-bond donors (Lipinski definition) is 2. The van der Waals surface area contributed by atoms with Crippen LogP contribution in [0.3, 0.4) is 0 Å². The van der Waals surface area contributed by atoms with E-state index < -0.39 is 5.97 Å². The topological polar surface area (TPSA) is 69.6 Å². The third-order valence-electron chi connectivity index (χ3n) is 4.98. The van der Waals surface area contributed by atoms with E-state index in [-0.39, 0.29) is 17.9 Å². The smallest absolute Gasteiger partial charge is 0.307 e. The van der Waals surface area contributed by atoms with Crippen molar-refractivity contribution in [3.63, 3.8) is 0 Å². The Hall–Kier alpha value is -1.88. The average molecular weight is 332 g/mol. The number of rotatable bonds is 6. The van der Waals surface area contributed by atoms with Crippen molar-refractivity contribution in [2.24, 2.45) is 5.92 Å². The van der Waals surface area contributed by atoms with Crippen LogP contribution < -0.4 is 5.32 Å². The molecule has 1 aromatic rings. The SMILES string of the molecule is CCc1cccc(CC)c1NC(=O)C(C)N1CCCC(C(=O)O)C1. The van der Waals surface area contributed by atoms with E-state index in [1.165, 1.54) is 0 Å². The molecule has 5 nitrogen and oxygen atoms in total. The molecule has 0 spiro atoms. The lowest BCUT2D eigenvalue weighted by atomic mass is 9.97. The van der Waals surface area contributed by atoms with Gasteiger partial charge in [0.05, 0.1) is 12.0 Å². The van der Waals surface area contributed by atoms with Crippen LogP contribution in [0, 0.1) is 5.92 Å². The van der Waals surface area contributed by atoms with Crippen molar-refractivity contribution in [1.82, 2.24) is 4.90 Å². The molecule has 1 fully saturated rings. The van der Waals surface area contributed by atoms with E-state index in [4.69, 9.17) is 0 Å². The van der Waals surface area contributed by atoms with Gasteiger partial charge in [0.15, 0.2) is 0 Å². The summed E-state index contributed by atoms with van der Waals surface area (Å²) in [5, 5.41) is 12.3. The fourth-order valence-electron chi connectivity index (χ4n) is 3.36. The molecule has 2 atom stereocenters. The van der Waals surface area contributed by atoms with Gasteiger partial charge in [-0.3, -0.25) is 14.5 Å². The number of para-hydroxylation sites is 1. The molecule has 132 valence electrons. The molecule has 1 aliphatic heterocycles. The van der Waals surface area contributed by atoms with Crippen molar-refractivity contribution in [1.29, 1.82) is 0 Å². The quantitative estimate of drug-likeness (QED) is 0.840. The molecule has 0 aromatic heterocycles. The minimum Gasteiger partial charge on any atom is -0.481 e. The standard InChI is InChI=1S/C19H28N2O3/c1-4-14-8-6-9-15(5-2)17(14)20-18(22)13(3)21-11-7-10-16(12-21)19(23)24/h6,8-9,13,16H,4-5,7,10-12H2,1-3H3,(H,20,22)(H,23,24). The van der Waals surface area contributed by atoms with E-state index in [2.05, 4.69) is 19.2 Å². The van der Waals surface area contributed by atoms with Crippen molar-refractivity contribution in [3.05, 3.63) is 29.3 Å². The number of benzene rings is 1. The zero-order valence-electron chi connectivity index (χ0n) is 14.8. The highest BCUT2D eigenvalue weighted by molar-refractivity contribution is 5.96. The Morgan fingerprint density at radius 3 is 2.46 bits per heavy atom. The Balaban J connectivity index is 2.11. The summed E-state index contributed by atoms with van der Waals surface area (Å²) in [6.45, 7) is 7.24. The van der Waals surface area contributed by atoms with Crippen LogP contribution in [0.15, 0.2) is 18.2 Å². The molecule has 0 saturated carbocycles. The van der Waals surface area contributed by atoms with Crippen LogP contribution in [0.4, 0.5) is 5.69 Å². The van der Waals surface area contributed by atoms with Gasteiger partial charge in [-0.25, -0.2) is 0 Å². The lowest BCUT2D eigenvalue weighted by Crippen LogP contribution is -2.48. The highest BCUT2D eigenvalue weighted by Crippen LogP contribution is 2.24. The van der Waals surface area contributed by atoms with E-state index >= 15 is 0 Å². The van der Waals surface area contributed by atoms with Crippen molar-refractivity contribution < 1.29 is 14.7 Å². The summed E-state index contributed by atoms with van der Waals surface area (Å²) in [5.41, 5.74) is 3.19. The maximum absolute atomic E-state index is 12.7. The number of hydrogen-bond acceptors (Lipinski definition) is 3. The van der Waals surface area contributed by atoms with Gasteiger partial charge in [-0.05, 0) is 50.3 Å². The summed E-state index contributed by atoms with van der Waals surface area (Å²) in [7, 11) is 0. The summed E-state index contributed by atoms with van der Waals surface area (Å²) in [4.78, 5) is 25.9. The van der Waals surface area contributed by atoms with Gasteiger partial charge < -0.3 is 10.4 Å². The lowest BCUT2D eigenvalue weighted by Gasteiger charge is -2.34. The average Bonchev–Trinajstić information content (AvgIpc) is 2.61. The van der Waals surface area contributed by atoms with E-state index in [1.807, 2.05) is 30.0 Å². The van der Waals surface area contributed by atoms with Gasteiger partial charge in [-0.15, -0.1) is 0 Å². The molecule has 2 unspecified atom stereocenters. The third kappa shape index (κ3) is 4.15. The maximum atomic E-state index is 12.7. The highest BCUT2D eigenvalue weighted by atomic mass is 16.4. The third-order valence-corrected chi connectivity index (χ3v) is 4.98. The zero-order chi connectivity index (χ0) is 17.7. The second-order valence-corrected chi connectivity index (χ2v) is 6.50.